The normalized spacial score (nSPS) is 12.0. The van der Waals surface area contributed by atoms with E-state index in [1.54, 1.807) is 54.6 Å². The molecule has 9 heteroatoms. The number of carbonyl (C=O) groups is 2. The van der Waals surface area contributed by atoms with Gasteiger partial charge in [-0.1, -0.05) is 66.7 Å². The zero-order valence-corrected chi connectivity index (χ0v) is 20.7. The second-order valence-corrected chi connectivity index (χ2v) is 10.3. The number of aromatic nitrogens is 1. The smallest absolute Gasteiger partial charge is 0.307 e. The third-order valence-electron chi connectivity index (χ3n) is 5.54. The number of nitrogens with one attached hydrogen (secondary N) is 2. The van der Waals surface area contributed by atoms with Gasteiger partial charge in [-0.3, -0.25) is 9.59 Å². The Labute approximate surface area is 210 Å². The Bertz CT molecular complexity index is 1530. The van der Waals surface area contributed by atoms with Gasteiger partial charge < -0.3 is 10.6 Å². The molecule has 2 amide bonds. The molecule has 0 bridgehead atoms. The van der Waals surface area contributed by atoms with Crippen LogP contribution in [0.3, 0.4) is 0 Å². The molecule has 0 atom stereocenters. The molecular formula is C27H26N4O4S. The van der Waals surface area contributed by atoms with Gasteiger partial charge in [0.15, 0.2) is 0 Å². The van der Waals surface area contributed by atoms with Crippen LogP contribution >= 0.6 is 0 Å². The predicted molar refractivity (Wildman–Crippen MR) is 140 cm³/mol. The summed E-state index contributed by atoms with van der Waals surface area (Å²) in [6, 6.07) is 24.9. The number of benzene rings is 3. The van der Waals surface area contributed by atoms with Crippen LogP contribution in [0.4, 0.5) is 0 Å². The largest absolute Gasteiger partial charge is 0.347 e. The standard InChI is InChI=1S/C27H26N4O4S/c1-30(2)36(34,35)31-19-22(23-15-9-10-16-25(23)31)17-24(29-26(32)21-13-7-4-8-14-21)27(33)28-18-20-11-5-3-6-12-20/h3-17,19H,18H2,1-2H3,(H,28,33)(H,29,32). The van der Waals surface area contributed by atoms with E-state index < -0.39 is 22.0 Å². The molecule has 0 aliphatic heterocycles. The highest BCUT2D eigenvalue weighted by molar-refractivity contribution is 7.87. The van der Waals surface area contributed by atoms with Crippen molar-refractivity contribution in [1.82, 2.24) is 18.9 Å². The Morgan fingerprint density at radius 2 is 1.50 bits per heavy atom. The monoisotopic (exact) mass is 502 g/mol. The zero-order chi connectivity index (χ0) is 25.7. The molecule has 8 nitrogen and oxygen atoms in total. The number of rotatable bonds is 8. The van der Waals surface area contributed by atoms with Crippen LogP contribution in [0.2, 0.25) is 0 Å². The number of nitrogens with zero attached hydrogens (tertiary/aromatic N) is 2. The second-order valence-electron chi connectivity index (χ2n) is 8.23. The highest BCUT2D eigenvalue weighted by Gasteiger charge is 2.22. The van der Waals surface area contributed by atoms with Crippen LogP contribution in [0.5, 0.6) is 0 Å². The maximum atomic E-state index is 13.2. The minimum absolute atomic E-state index is 0.00932. The van der Waals surface area contributed by atoms with Crippen LogP contribution in [-0.2, 0) is 21.5 Å². The second kappa shape index (κ2) is 10.6. The van der Waals surface area contributed by atoms with Crippen molar-refractivity contribution >= 4 is 39.0 Å². The van der Waals surface area contributed by atoms with E-state index in [1.165, 1.54) is 26.4 Å². The molecule has 0 aliphatic rings. The Morgan fingerprint density at radius 1 is 0.889 bits per heavy atom. The molecule has 0 unspecified atom stereocenters. The lowest BCUT2D eigenvalue weighted by molar-refractivity contribution is -0.117. The van der Waals surface area contributed by atoms with E-state index in [0.29, 0.717) is 22.0 Å². The van der Waals surface area contributed by atoms with E-state index in [4.69, 9.17) is 0 Å². The molecular weight excluding hydrogens is 476 g/mol. The first kappa shape index (κ1) is 24.9. The van der Waals surface area contributed by atoms with Crippen molar-refractivity contribution in [3.63, 3.8) is 0 Å². The van der Waals surface area contributed by atoms with Gasteiger partial charge in [-0.25, -0.2) is 3.97 Å². The lowest BCUT2D eigenvalue weighted by atomic mass is 10.1. The zero-order valence-electron chi connectivity index (χ0n) is 19.9. The van der Waals surface area contributed by atoms with E-state index in [1.807, 2.05) is 30.3 Å². The van der Waals surface area contributed by atoms with Crippen LogP contribution in [0.15, 0.2) is 96.8 Å². The first-order valence-electron chi connectivity index (χ1n) is 11.2. The first-order valence-corrected chi connectivity index (χ1v) is 12.6. The summed E-state index contributed by atoms with van der Waals surface area (Å²) in [5, 5.41) is 6.13. The van der Waals surface area contributed by atoms with Crippen molar-refractivity contribution < 1.29 is 18.0 Å². The molecule has 1 aromatic heterocycles. The highest BCUT2D eigenvalue weighted by Crippen LogP contribution is 2.25. The summed E-state index contributed by atoms with van der Waals surface area (Å²) in [5.41, 5.74) is 2.19. The molecule has 0 saturated heterocycles. The van der Waals surface area contributed by atoms with Gasteiger partial charge in [0.2, 0.25) is 0 Å². The average molecular weight is 503 g/mol. The maximum Gasteiger partial charge on any atom is 0.307 e. The van der Waals surface area contributed by atoms with Crippen molar-refractivity contribution in [3.8, 4) is 0 Å². The van der Waals surface area contributed by atoms with Crippen molar-refractivity contribution in [3.05, 3.63) is 114 Å². The Balaban J connectivity index is 1.75. The fourth-order valence-corrected chi connectivity index (χ4v) is 4.63. The minimum Gasteiger partial charge on any atom is -0.347 e. The van der Waals surface area contributed by atoms with Crippen LogP contribution in [-0.4, -0.2) is 42.6 Å². The quantitative estimate of drug-likeness (QED) is 0.361. The van der Waals surface area contributed by atoms with E-state index in [-0.39, 0.29) is 12.2 Å². The summed E-state index contributed by atoms with van der Waals surface area (Å²) < 4.78 is 28.1. The maximum absolute atomic E-state index is 13.2. The lowest BCUT2D eigenvalue weighted by Crippen LogP contribution is -2.34. The van der Waals surface area contributed by atoms with Crippen LogP contribution < -0.4 is 10.6 Å². The third kappa shape index (κ3) is 5.37. The molecule has 1 heterocycles. The van der Waals surface area contributed by atoms with Gasteiger partial charge in [0.05, 0.1) is 5.52 Å². The number of amides is 2. The molecule has 4 aromatic rings. The Morgan fingerprint density at radius 3 is 2.17 bits per heavy atom. The van der Waals surface area contributed by atoms with Gasteiger partial charge in [-0.05, 0) is 29.8 Å². The number of hydrogen-bond acceptors (Lipinski definition) is 4. The predicted octanol–water partition coefficient (Wildman–Crippen LogP) is 3.38. The average Bonchev–Trinajstić information content (AvgIpc) is 3.27. The van der Waals surface area contributed by atoms with E-state index in [9.17, 15) is 18.0 Å². The molecule has 0 radical (unpaired) electrons. The lowest BCUT2D eigenvalue weighted by Gasteiger charge is -2.13. The van der Waals surface area contributed by atoms with Gasteiger partial charge in [0, 0.05) is 43.4 Å². The molecule has 2 N–H and O–H groups in total. The number of carbonyl (C=O) groups excluding carboxylic acids is 2. The molecule has 36 heavy (non-hydrogen) atoms. The number of fused-ring (bicyclic) bond motifs is 1. The van der Waals surface area contributed by atoms with Gasteiger partial charge in [0.1, 0.15) is 5.70 Å². The number of para-hydroxylation sites is 1. The first-order chi connectivity index (χ1) is 17.3. The summed E-state index contributed by atoms with van der Waals surface area (Å²) in [6.07, 6.45) is 2.93. The summed E-state index contributed by atoms with van der Waals surface area (Å²) in [4.78, 5) is 26.1. The van der Waals surface area contributed by atoms with Crippen LogP contribution in [0.1, 0.15) is 21.5 Å². The summed E-state index contributed by atoms with van der Waals surface area (Å²) >= 11 is 0. The molecule has 0 saturated carbocycles. The van der Waals surface area contributed by atoms with Crippen molar-refractivity contribution in [2.45, 2.75) is 6.54 Å². The molecule has 0 spiro atoms. The summed E-state index contributed by atoms with van der Waals surface area (Å²) in [6.45, 7) is 0.259. The van der Waals surface area contributed by atoms with E-state index in [2.05, 4.69) is 10.6 Å². The fourth-order valence-electron chi connectivity index (χ4n) is 3.63. The summed E-state index contributed by atoms with van der Waals surface area (Å²) in [7, 11) is -0.925. The van der Waals surface area contributed by atoms with Gasteiger partial charge in [-0.15, -0.1) is 0 Å². The van der Waals surface area contributed by atoms with Crippen molar-refractivity contribution in [1.29, 1.82) is 0 Å². The minimum atomic E-state index is -3.82. The van der Waals surface area contributed by atoms with Crippen molar-refractivity contribution in [2.24, 2.45) is 0 Å². The Hall–Kier alpha value is -4.21. The highest BCUT2D eigenvalue weighted by atomic mass is 32.2. The topological polar surface area (TPSA) is 101 Å². The molecule has 0 aliphatic carbocycles. The summed E-state index contributed by atoms with van der Waals surface area (Å²) in [5.74, 6) is -0.961. The Kier molecular flexibility index (Phi) is 7.33. The van der Waals surface area contributed by atoms with E-state index >= 15 is 0 Å². The molecule has 3 aromatic carbocycles. The van der Waals surface area contributed by atoms with Crippen LogP contribution in [0.25, 0.3) is 17.0 Å². The third-order valence-corrected chi connectivity index (χ3v) is 7.27. The van der Waals surface area contributed by atoms with Gasteiger partial charge in [0.25, 0.3) is 11.8 Å². The van der Waals surface area contributed by atoms with Gasteiger partial charge in [-0.2, -0.15) is 12.7 Å². The van der Waals surface area contributed by atoms with Crippen molar-refractivity contribution in [2.75, 3.05) is 14.1 Å². The number of hydrogen-bond donors (Lipinski definition) is 2. The van der Waals surface area contributed by atoms with E-state index in [0.717, 1.165) is 13.8 Å². The fraction of sp³-hybridized carbons (Fsp3) is 0.111. The molecule has 0 fully saturated rings. The SMILES string of the molecule is CN(C)S(=O)(=O)n1cc(C=C(NC(=O)c2ccccc2)C(=O)NCc2ccccc2)c2ccccc21. The molecule has 184 valence electrons. The van der Waals surface area contributed by atoms with Gasteiger partial charge >= 0.3 is 10.2 Å². The van der Waals surface area contributed by atoms with Crippen LogP contribution in [0, 0.1) is 0 Å². The molecule has 4 rings (SSSR count).